The zero-order valence-corrected chi connectivity index (χ0v) is 18.1. The summed E-state index contributed by atoms with van der Waals surface area (Å²) in [7, 11) is 0. The summed E-state index contributed by atoms with van der Waals surface area (Å²) in [5.74, 6) is 0.210. The zero-order chi connectivity index (χ0) is 23.2. The van der Waals surface area contributed by atoms with Gasteiger partial charge in [-0.2, -0.15) is 8.78 Å². The number of carbonyl (C=O) groups excluding carboxylic acids is 2. The van der Waals surface area contributed by atoms with E-state index in [4.69, 9.17) is 4.74 Å². The molecule has 2 amide bonds. The number of carbonyl (C=O) groups is 2. The SMILES string of the molecule is O=C(NC[C@H]1CCCO1)c1cccnc1N1CCN(C(=O)c2ccc(OC(F)F)cc2)CC1. The van der Waals surface area contributed by atoms with Crippen molar-refractivity contribution < 1.29 is 27.8 Å². The number of alkyl halides is 2. The van der Waals surface area contributed by atoms with Gasteiger partial charge < -0.3 is 24.6 Å². The number of benzene rings is 1. The van der Waals surface area contributed by atoms with Crippen molar-refractivity contribution in [3.63, 3.8) is 0 Å². The number of hydrogen-bond donors (Lipinski definition) is 1. The molecular weight excluding hydrogens is 434 g/mol. The molecule has 1 N–H and O–H groups in total. The van der Waals surface area contributed by atoms with Crippen molar-refractivity contribution in [1.29, 1.82) is 0 Å². The third-order valence-electron chi connectivity index (χ3n) is 5.74. The molecule has 0 aliphatic carbocycles. The smallest absolute Gasteiger partial charge is 0.387 e. The van der Waals surface area contributed by atoms with Gasteiger partial charge in [-0.1, -0.05) is 0 Å². The van der Waals surface area contributed by atoms with Crippen LogP contribution in [0.2, 0.25) is 0 Å². The highest BCUT2D eigenvalue weighted by Gasteiger charge is 2.26. The Labute approximate surface area is 190 Å². The van der Waals surface area contributed by atoms with Crippen molar-refractivity contribution in [2.45, 2.75) is 25.6 Å². The highest BCUT2D eigenvalue weighted by Crippen LogP contribution is 2.21. The molecule has 8 nitrogen and oxygen atoms in total. The van der Waals surface area contributed by atoms with Gasteiger partial charge in [0.15, 0.2) is 0 Å². The van der Waals surface area contributed by atoms with Crippen LogP contribution in [0, 0.1) is 0 Å². The molecule has 10 heteroatoms. The Morgan fingerprint density at radius 3 is 2.58 bits per heavy atom. The van der Waals surface area contributed by atoms with Gasteiger partial charge in [0.1, 0.15) is 11.6 Å². The number of halogens is 2. The molecule has 176 valence electrons. The lowest BCUT2D eigenvalue weighted by Crippen LogP contribution is -2.49. The summed E-state index contributed by atoms with van der Waals surface area (Å²) in [6.07, 6.45) is 3.65. The van der Waals surface area contributed by atoms with Gasteiger partial charge in [0.05, 0.1) is 11.7 Å². The first-order valence-corrected chi connectivity index (χ1v) is 10.9. The van der Waals surface area contributed by atoms with Crippen LogP contribution in [0.15, 0.2) is 42.6 Å². The van der Waals surface area contributed by atoms with Crippen LogP contribution in [0.5, 0.6) is 5.75 Å². The number of rotatable bonds is 7. The van der Waals surface area contributed by atoms with E-state index < -0.39 is 6.61 Å². The molecule has 3 heterocycles. The summed E-state index contributed by atoms with van der Waals surface area (Å²) < 4.78 is 34.5. The second-order valence-electron chi connectivity index (χ2n) is 7.90. The molecule has 33 heavy (non-hydrogen) atoms. The lowest BCUT2D eigenvalue weighted by molar-refractivity contribution is -0.0498. The van der Waals surface area contributed by atoms with Gasteiger partial charge in [0, 0.05) is 51.1 Å². The van der Waals surface area contributed by atoms with Crippen molar-refractivity contribution >= 4 is 17.6 Å². The Balaban J connectivity index is 1.35. The monoisotopic (exact) mass is 460 g/mol. The summed E-state index contributed by atoms with van der Waals surface area (Å²) in [4.78, 5) is 33.7. The number of hydrogen-bond acceptors (Lipinski definition) is 6. The largest absolute Gasteiger partial charge is 0.435 e. The van der Waals surface area contributed by atoms with E-state index in [1.54, 1.807) is 23.2 Å². The van der Waals surface area contributed by atoms with Crippen molar-refractivity contribution in [1.82, 2.24) is 15.2 Å². The number of nitrogens with zero attached hydrogens (tertiary/aromatic N) is 3. The average Bonchev–Trinajstić information content (AvgIpc) is 3.36. The minimum Gasteiger partial charge on any atom is -0.435 e. The fourth-order valence-electron chi connectivity index (χ4n) is 4.02. The summed E-state index contributed by atoms with van der Waals surface area (Å²) in [5.41, 5.74) is 0.891. The van der Waals surface area contributed by atoms with E-state index in [0.29, 0.717) is 49.7 Å². The van der Waals surface area contributed by atoms with E-state index >= 15 is 0 Å². The number of aromatic nitrogens is 1. The number of nitrogens with one attached hydrogen (secondary N) is 1. The molecule has 2 aliphatic heterocycles. The predicted molar refractivity (Wildman–Crippen MR) is 117 cm³/mol. The molecule has 1 aromatic carbocycles. The zero-order valence-electron chi connectivity index (χ0n) is 18.1. The van der Waals surface area contributed by atoms with Crippen LogP contribution < -0.4 is 15.0 Å². The highest BCUT2D eigenvalue weighted by atomic mass is 19.3. The van der Waals surface area contributed by atoms with Gasteiger partial charge in [0.2, 0.25) is 0 Å². The Hall–Kier alpha value is -3.27. The third kappa shape index (κ3) is 5.75. The predicted octanol–water partition coefficient (Wildman–Crippen LogP) is 2.55. The first-order chi connectivity index (χ1) is 16.0. The average molecular weight is 460 g/mol. The first-order valence-electron chi connectivity index (χ1n) is 10.9. The summed E-state index contributed by atoms with van der Waals surface area (Å²) in [6, 6.07) is 9.12. The molecule has 2 aliphatic rings. The molecule has 0 radical (unpaired) electrons. The van der Waals surface area contributed by atoms with Crippen LogP contribution >= 0.6 is 0 Å². The van der Waals surface area contributed by atoms with Gasteiger partial charge in [0.25, 0.3) is 11.8 Å². The van der Waals surface area contributed by atoms with Gasteiger partial charge in [-0.15, -0.1) is 0 Å². The molecule has 2 fully saturated rings. The summed E-state index contributed by atoms with van der Waals surface area (Å²) >= 11 is 0. The molecule has 2 saturated heterocycles. The Kier molecular flexibility index (Phi) is 7.33. The Bertz CT molecular complexity index is 959. The van der Waals surface area contributed by atoms with E-state index in [0.717, 1.165) is 19.4 Å². The normalized spacial score (nSPS) is 18.5. The fraction of sp³-hybridized carbons (Fsp3) is 0.435. The number of anilines is 1. The van der Waals surface area contributed by atoms with E-state index in [1.165, 1.54) is 24.3 Å². The molecule has 0 bridgehead atoms. The van der Waals surface area contributed by atoms with Crippen molar-refractivity contribution in [2.75, 3.05) is 44.2 Å². The second-order valence-corrected chi connectivity index (χ2v) is 7.90. The Morgan fingerprint density at radius 1 is 1.15 bits per heavy atom. The molecule has 0 spiro atoms. The molecule has 1 aromatic heterocycles. The third-order valence-corrected chi connectivity index (χ3v) is 5.74. The maximum absolute atomic E-state index is 12.8. The molecular formula is C23H26F2N4O4. The molecule has 0 unspecified atom stereocenters. The van der Waals surface area contributed by atoms with Crippen LogP contribution in [0.3, 0.4) is 0 Å². The van der Waals surface area contributed by atoms with Crippen LogP contribution in [0.25, 0.3) is 0 Å². The standard InChI is InChI=1S/C23H26F2N4O4/c24-23(25)33-17-7-5-16(6-8-17)22(31)29-12-10-28(11-13-29)20-19(4-1-9-26-20)21(30)27-15-18-3-2-14-32-18/h1,4-9,18,23H,2-3,10-15H2,(H,27,30)/t18-/m1/s1. The van der Waals surface area contributed by atoms with Crippen molar-refractivity contribution in [2.24, 2.45) is 0 Å². The molecule has 0 saturated carbocycles. The van der Waals surface area contributed by atoms with Gasteiger partial charge >= 0.3 is 6.61 Å². The van der Waals surface area contributed by atoms with Crippen LogP contribution in [-0.4, -0.2) is 73.7 Å². The van der Waals surface area contributed by atoms with E-state index in [9.17, 15) is 18.4 Å². The second kappa shape index (κ2) is 10.6. The van der Waals surface area contributed by atoms with Crippen LogP contribution in [0.4, 0.5) is 14.6 Å². The number of amides is 2. The summed E-state index contributed by atoms with van der Waals surface area (Å²) in [6.45, 7) is 0.215. The van der Waals surface area contributed by atoms with Gasteiger partial charge in [-0.25, -0.2) is 4.98 Å². The number of piperazine rings is 1. The lowest BCUT2D eigenvalue weighted by atomic mass is 10.1. The molecule has 1 atom stereocenters. The summed E-state index contributed by atoms with van der Waals surface area (Å²) in [5, 5.41) is 2.93. The fourth-order valence-corrected chi connectivity index (χ4v) is 4.02. The maximum Gasteiger partial charge on any atom is 0.387 e. The lowest BCUT2D eigenvalue weighted by Gasteiger charge is -2.36. The van der Waals surface area contributed by atoms with Crippen LogP contribution in [0.1, 0.15) is 33.6 Å². The van der Waals surface area contributed by atoms with E-state index in [-0.39, 0.29) is 23.7 Å². The topological polar surface area (TPSA) is 84.0 Å². The van der Waals surface area contributed by atoms with Gasteiger partial charge in [-0.3, -0.25) is 9.59 Å². The van der Waals surface area contributed by atoms with E-state index in [1.807, 2.05) is 4.90 Å². The molecule has 4 rings (SSSR count). The highest BCUT2D eigenvalue weighted by molar-refractivity contribution is 5.99. The van der Waals surface area contributed by atoms with Crippen molar-refractivity contribution in [3.8, 4) is 5.75 Å². The van der Waals surface area contributed by atoms with E-state index in [2.05, 4.69) is 15.0 Å². The minimum absolute atomic E-state index is 0.00632. The quantitative estimate of drug-likeness (QED) is 0.684. The van der Waals surface area contributed by atoms with Crippen LogP contribution in [-0.2, 0) is 4.74 Å². The van der Waals surface area contributed by atoms with Gasteiger partial charge in [-0.05, 0) is 49.2 Å². The Morgan fingerprint density at radius 2 is 1.91 bits per heavy atom. The number of pyridine rings is 1. The maximum atomic E-state index is 12.8. The van der Waals surface area contributed by atoms with Crippen molar-refractivity contribution in [3.05, 3.63) is 53.7 Å². The number of ether oxygens (including phenoxy) is 2. The molecule has 2 aromatic rings. The minimum atomic E-state index is -2.91. The first kappa shape index (κ1) is 22.9.